The van der Waals surface area contributed by atoms with Crippen molar-refractivity contribution >= 4 is 27.2 Å². The summed E-state index contributed by atoms with van der Waals surface area (Å²) in [6, 6.07) is 5.02. The summed E-state index contributed by atoms with van der Waals surface area (Å²) in [6.07, 6.45) is -6.49. The van der Waals surface area contributed by atoms with Crippen molar-refractivity contribution in [3.63, 3.8) is 0 Å². The molecule has 0 spiro atoms. The van der Waals surface area contributed by atoms with Crippen molar-refractivity contribution in [3.8, 4) is 5.75 Å². The molecule has 2 aliphatic heterocycles. The number of anilines is 2. The van der Waals surface area contributed by atoms with Crippen molar-refractivity contribution in [2.45, 2.75) is 60.7 Å². The molecular weight excluding hydrogens is 587 g/mol. The first-order valence-corrected chi connectivity index (χ1v) is 14.0. The van der Waals surface area contributed by atoms with Gasteiger partial charge in [-0.1, -0.05) is 0 Å². The highest BCUT2D eigenvalue weighted by molar-refractivity contribution is 7.92. The quantitative estimate of drug-likeness (QED) is 0.358. The van der Waals surface area contributed by atoms with E-state index in [0.717, 1.165) is 29.2 Å². The van der Waals surface area contributed by atoms with Gasteiger partial charge in [-0.3, -0.25) is 0 Å². The number of hydrogen-bond acceptors (Lipinski definition) is 6. The molecule has 0 aromatic heterocycles. The first kappa shape index (κ1) is 30.9. The zero-order valence-electron chi connectivity index (χ0n) is 21.6. The molecule has 0 unspecified atom stereocenters. The van der Waals surface area contributed by atoms with Gasteiger partial charge in [0.25, 0.3) is 0 Å². The number of carbonyl (C=O) groups is 1. The minimum absolute atomic E-state index is 0.00864. The third-order valence-electron chi connectivity index (χ3n) is 7.09. The molecule has 7 nitrogen and oxygen atoms in total. The Labute approximate surface area is 230 Å². The molecule has 0 aliphatic carbocycles. The highest BCUT2D eigenvalue weighted by Gasteiger charge is 2.47. The Hall–Kier alpha value is -3.07. The third-order valence-corrected chi connectivity index (χ3v) is 9.01. The molecule has 0 bridgehead atoms. The Morgan fingerprint density at radius 2 is 1.83 bits per heavy atom. The van der Waals surface area contributed by atoms with Crippen molar-refractivity contribution in [3.05, 3.63) is 47.8 Å². The molecule has 3 atom stereocenters. The summed E-state index contributed by atoms with van der Waals surface area (Å²) in [5.74, 6) is -8.18. The van der Waals surface area contributed by atoms with Gasteiger partial charge in [0.05, 0.1) is 16.1 Å². The summed E-state index contributed by atoms with van der Waals surface area (Å²) in [6.45, 7) is -0.953. The van der Waals surface area contributed by atoms with Gasteiger partial charge in [0.2, 0.25) is 21.3 Å². The summed E-state index contributed by atoms with van der Waals surface area (Å²) in [5, 5.41) is 9.58. The molecule has 15 heteroatoms. The minimum Gasteiger partial charge on any atom is -0.489 e. The van der Waals surface area contributed by atoms with E-state index in [2.05, 4.69) is 0 Å². The topological polar surface area (TPSA) is 93.1 Å². The maximum Gasteiger partial charge on any atom is 0.420 e. The molecule has 0 radical (unpaired) electrons. The van der Waals surface area contributed by atoms with Crippen LogP contribution in [0.25, 0.3) is 0 Å². The lowest BCUT2D eigenvalue weighted by molar-refractivity contribution is -0.163. The second-order valence-electron chi connectivity index (χ2n) is 10.2. The van der Waals surface area contributed by atoms with Crippen LogP contribution in [0.5, 0.6) is 5.75 Å². The highest BCUT2D eigenvalue weighted by atomic mass is 32.2. The Bertz CT molecular complexity index is 1390. The number of ether oxygens (including phenoxy) is 2. The third kappa shape index (κ3) is 6.40. The van der Waals surface area contributed by atoms with Crippen LogP contribution < -0.4 is 9.64 Å². The standard InChI is InChI=1S/C26H26F7NO6S/c1-24(29,30)9-7-15-13-34(17-5-3-16(27)4-6-17)19-11-18(26(31,32)33)20(12-21(19)41(37,38)22(15)28)39-14-25(23(35)36)8-2-10-40-25/h3-6,11-12,15,22H,2,7-10,13-14H2,1H3,(H,35,36)/t15-,22+,25+/m1/s1. The van der Waals surface area contributed by atoms with Gasteiger partial charge in [0.1, 0.15) is 18.2 Å². The van der Waals surface area contributed by atoms with Gasteiger partial charge in [0.15, 0.2) is 5.60 Å². The van der Waals surface area contributed by atoms with E-state index < -0.39 is 98.6 Å². The fourth-order valence-electron chi connectivity index (χ4n) is 4.88. The second kappa shape index (κ2) is 11.0. The number of nitrogens with zero attached hydrogens (tertiary/aromatic N) is 1. The van der Waals surface area contributed by atoms with Crippen LogP contribution in [-0.2, 0) is 25.5 Å². The van der Waals surface area contributed by atoms with E-state index in [9.17, 15) is 44.7 Å². The Balaban J connectivity index is 1.88. The molecule has 1 N–H and O–H groups in total. The Morgan fingerprint density at radius 3 is 2.37 bits per heavy atom. The molecule has 1 saturated heterocycles. The summed E-state index contributed by atoms with van der Waals surface area (Å²) >= 11 is 0. The predicted octanol–water partition coefficient (Wildman–Crippen LogP) is 6.13. The molecule has 0 amide bonds. The monoisotopic (exact) mass is 613 g/mol. The lowest BCUT2D eigenvalue weighted by atomic mass is 10.00. The molecule has 2 heterocycles. The van der Waals surface area contributed by atoms with E-state index in [0.29, 0.717) is 19.1 Å². The van der Waals surface area contributed by atoms with E-state index in [1.165, 1.54) is 0 Å². The highest BCUT2D eigenvalue weighted by Crippen LogP contribution is 2.48. The van der Waals surface area contributed by atoms with Gasteiger partial charge in [0, 0.05) is 37.2 Å². The van der Waals surface area contributed by atoms with Crippen LogP contribution in [0.3, 0.4) is 0 Å². The average Bonchev–Trinajstić information content (AvgIpc) is 3.34. The number of carboxylic acid groups (broad SMARTS) is 1. The van der Waals surface area contributed by atoms with Crippen molar-refractivity contribution in [1.29, 1.82) is 0 Å². The number of sulfone groups is 1. The summed E-state index contributed by atoms with van der Waals surface area (Å²) in [5.41, 5.74) is -6.91. The molecule has 4 rings (SSSR count). The minimum atomic E-state index is -5.15. The van der Waals surface area contributed by atoms with Gasteiger partial charge in [-0.25, -0.2) is 30.8 Å². The van der Waals surface area contributed by atoms with Crippen LogP contribution in [0.1, 0.15) is 38.2 Å². The smallest absolute Gasteiger partial charge is 0.420 e. The Morgan fingerprint density at radius 1 is 1.17 bits per heavy atom. The largest absolute Gasteiger partial charge is 0.489 e. The summed E-state index contributed by atoms with van der Waals surface area (Å²) < 4.78 is 137. The average molecular weight is 614 g/mol. The van der Waals surface area contributed by atoms with Gasteiger partial charge in [-0.2, -0.15) is 13.2 Å². The maximum atomic E-state index is 15.7. The van der Waals surface area contributed by atoms with E-state index >= 15 is 4.39 Å². The molecule has 0 saturated carbocycles. The molecule has 226 valence electrons. The van der Waals surface area contributed by atoms with E-state index in [1.807, 2.05) is 0 Å². The molecule has 1 fully saturated rings. The SMILES string of the molecule is CC(F)(F)CC[C@@H]1CN(c2ccc(F)cc2)c2cc(C(F)(F)F)c(OC[C@]3(C(=O)O)CCCO3)cc2S(=O)(=O)[C@@H]1F. The van der Waals surface area contributed by atoms with Gasteiger partial charge >= 0.3 is 12.1 Å². The summed E-state index contributed by atoms with van der Waals surface area (Å²) in [4.78, 5) is 11.9. The van der Waals surface area contributed by atoms with E-state index in [4.69, 9.17) is 9.47 Å². The number of carboxylic acids is 1. The van der Waals surface area contributed by atoms with Crippen molar-refractivity contribution < 1.29 is 58.5 Å². The number of rotatable bonds is 8. The van der Waals surface area contributed by atoms with Crippen LogP contribution >= 0.6 is 0 Å². The number of benzene rings is 2. The summed E-state index contributed by atoms with van der Waals surface area (Å²) in [7, 11) is -5.10. The van der Waals surface area contributed by atoms with E-state index in [1.54, 1.807) is 0 Å². The second-order valence-corrected chi connectivity index (χ2v) is 12.2. The van der Waals surface area contributed by atoms with Crippen molar-refractivity contribution in [2.75, 3.05) is 24.7 Å². The zero-order chi connectivity index (χ0) is 30.4. The van der Waals surface area contributed by atoms with E-state index in [-0.39, 0.29) is 25.1 Å². The first-order chi connectivity index (χ1) is 18.9. The molecule has 2 aliphatic rings. The van der Waals surface area contributed by atoms with Crippen LogP contribution in [-0.4, -0.2) is 56.3 Å². The molecule has 2 aromatic rings. The normalized spacial score (nSPS) is 24.5. The van der Waals surface area contributed by atoms with Crippen LogP contribution in [0.2, 0.25) is 0 Å². The molecule has 2 aromatic carbocycles. The lowest BCUT2D eigenvalue weighted by Gasteiger charge is -2.29. The van der Waals surface area contributed by atoms with Crippen LogP contribution in [0.4, 0.5) is 42.1 Å². The van der Waals surface area contributed by atoms with Crippen LogP contribution in [0, 0.1) is 11.7 Å². The fraction of sp³-hybridized carbons (Fsp3) is 0.500. The van der Waals surface area contributed by atoms with Gasteiger partial charge < -0.3 is 19.5 Å². The number of hydrogen-bond donors (Lipinski definition) is 1. The van der Waals surface area contributed by atoms with Crippen molar-refractivity contribution in [1.82, 2.24) is 0 Å². The maximum absolute atomic E-state index is 15.7. The lowest BCUT2D eigenvalue weighted by Crippen LogP contribution is -2.43. The predicted molar refractivity (Wildman–Crippen MR) is 131 cm³/mol. The number of alkyl halides is 6. The van der Waals surface area contributed by atoms with Gasteiger partial charge in [-0.05, 0) is 56.5 Å². The fourth-order valence-corrected chi connectivity index (χ4v) is 6.59. The molecule has 41 heavy (non-hydrogen) atoms. The number of aliphatic carboxylic acids is 1. The Kier molecular flexibility index (Phi) is 8.26. The number of fused-ring (bicyclic) bond motifs is 1. The number of halogens is 7. The van der Waals surface area contributed by atoms with Crippen molar-refractivity contribution in [2.24, 2.45) is 5.92 Å². The molecular formula is C26H26F7NO6S. The zero-order valence-corrected chi connectivity index (χ0v) is 22.4. The van der Waals surface area contributed by atoms with Crippen LogP contribution in [0.15, 0.2) is 41.3 Å². The van der Waals surface area contributed by atoms with Gasteiger partial charge in [-0.15, -0.1) is 0 Å². The first-order valence-electron chi connectivity index (χ1n) is 12.5.